The SMILES string of the molecule is COC(=O)c1c(C)c(C(=O)CN(Cc2ccncc2)C(=O)C2CCC2)c(C)n1C. The topological polar surface area (TPSA) is 81.5 Å². The average molecular weight is 397 g/mol. The first kappa shape index (κ1) is 20.8. The molecule has 154 valence electrons. The first-order valence-corrected chi connectivity index (χ1v) is 9.80. The van der Waals surface area contributed by atoms with Crippen LogP contribution < -0.4 is 0 Å². The first-order valence-electron chi connectivity index (χ1n) is 9.80. The van der Waals surface area contributed by atoms with E-state index >= 15 is 0 Å². The van der Waals surface area contributed by atoms with Crippen LogP contribution in [0.1, 0.15) is 56.9 Å². The van der Waals surface area contributed by atoms with Gasteiger partial charge in [0.1, 0.15) is 5.69 Å². The molecule has 1 aliphatic carbocycles. The van der Waals surface area contributed by atoms with Crippen LogP contribution in [-0.4, -0.2) is 45.8 Å². The molecule has 2 aromatic rings. The van der Waals surface area contributed by atoms with E-state index < -0.39 is 5.97 Å². The lowest BCUT2D eigenvalue weighted by atomic mass is 9.84. The number of carbonyl (C=O) groups excluding carboxylic acids is 3. The Morgan fingerprint density at radius 1 is 1.21 bits per heavy atom. The number of hydrogen-bond acceptors (Lipinski definition) is 5. The zero-order chi connectivity index (χ0) is 21.1. The summed E-state index contributed by atoms with van der Waals surface area (Å²) in [4.78, 5) is 44.0. The second kappa shape index (κ2) is 8.59. The molecular formula is C22H27N3O4. The highest BCUT2D eigenvalue weighted by Crippen LogP contribution is 2.29. The monoisotopic (exact) mass is 397 g/mol. The first-order chi connectivity index (χ1) is 13.8. The molecule has 0 unspecified atom stereocenters. The minimum atomic E-state index is -0.480. The lowest BCUT2D eigenvalue weighted by molar-refractivity contribution is -0.138. The number of amides is 1. The van der Waals surface area contributed by atoms with E-state index in [1.54, 1.807) is 42.8 Å². The maximum absolute atomic E-state index is 13.2. The Labute approximate surface area is 170 Å². The normalized spacial score (nSPS) is 13.7. The molecule has 0 radical (unpaired) electrons. The lowest BCUT2D eigenvalue weighted by Gasteiger charge is -2.31. The van der Waals surface area contributed by atoms with Gasteiger partial charge in [-0.3, -0.25) is 14.6 Å². The highest BCUT2D eigenvalue weighted by Gasteiger charge is 2.32. The molecule has 0 bridgehead atoms. The van der Waals surface area contributed by atoms with Crippen LogP contribution >= 0.6 is 0 Å². The number of rotatable bonds is 7. The molecule has 0 aromatic carbocycles. The molecule has 0 aliphatic heterocycles. The minimum Gasteiger partial charge on any atom is -0.464 e. The summed E-state index contributed by atoms with van der Waals surface area (Å²) in [5, 5.41) is 0. The van der Waals surface area contributed by atoms with E-state index in [1.807, 2.05) is 12.1 Å². The molecule has 7 nitrogen and oxygen atoms in total. The fraction of sp³-hybridized carbons (Fsp3) is 0.455. The van der Waals surface area contributed by atoms with Crippen LogP contribution in [0.5, 0.6) is 0 Å². The number of Topliss-reactive ketones (excluding diaryl/α,β-unsaturated/α-hetero) is 1. The zero-order valence-electron chi connectivity index (χ0n) is 17.4. The summed E-state index contributed by atoms with van der Waals surface area (Å²) in [7, 11) is 3.05. The molecule has 1 saturated carbocycles. The fourth-order valence-corrected chi connectivity index (χ4v) is 3.86. The molecular weight excluding hydrogens is 370 g/mol. The highest BCUT2D eigenvalue weighted by molar-refractivity contribution is 6.04. The van der Waals surface area contributed by atoms with Crippen molar-refractivity contribution in [2.24, 2.45) is 13.0 Å². The number of pyridine rings is 1. The van der Waals surface area contributed by atoms with Gasteiger partial charge >= 0.3 is 5.97 Å². The number of carbonyl (C=O) groups is 3. The minimum absolute atomic E-state index is 0.00626. The van der Waals surface area contributed by atoms with Gasteiger partial charge in [0, 0.05) is 43.2 Å². The van der Waals surface area contributed by atoms with E-state index in [1.165, 1.54) is 7.11 Å². The van der Waals surface area contributed by atoms with Crippen molar-refractivity contribution in [3.05, 3.63) is 52.6 Å². The van der Waals surface area contributed by atoms with E-state index in [4.69, 9.17) is 4.74 Å². The van der Waals surface area contributed by atoms with Gasteiger partial charge in [-0.05, 0) is 49.9 Å². The number of hydrogen-bond donors (Lipinski definition) is 0. The third-order valence-corrected chi connectivity index (χ3v) is 5.81. The van der Waals surface area contributed by atoms with Gasteiger partial charge in [0.15, 0.2) is 5.78 Å². The molecule has 7 heteroatoms. The largest absolute Gasteiger partial charge is 0.464 e. The van der Waals surface area contributed by atoms with Gasteiger partial charge in [-0.25, -0.2) is 4.79 Å². The Kier molecular flexibility index (Phi) is 6.15. The van der Waals surface area contributed by atoms with Gasteiger partial charge in [-0.1, -0.05) is 6.42 Å². The molecule has 1 amide bonds. The zero-order valence-corrected chi connectivity index (χ0v) is 17.4. The Hall–Kier alpha value is -2.96. The van der Waals surface area contributed by atoms with Crippen LogP contribution in [0, 0.1) is 19.8 Å². The van der Waals surface area contributed by atoms with Crippen molar-refractivity contribution < 1.29 is 19.1 Å². The third-order valence-electron chi connectivity index (χ3n) is 5.81. The number of ketones is 1. The maximum atomic E-state index is 13.2. The molecule has 1 fully saturated rings. The van der Waals surface area contributed by atoms with Gasteiger partial charge < -0.3 is 14.2 Å². The number of nitrogens with zero attached hydrogens (tertiary/aromatic N) is 3. The standard InChI is InChI=1S/C22H27N3O4/c1-14-19(15(2)24(3)20(14)22(28)29-4)18(26)13-25(21(27)17-6-5-7-17)12-16-8-10-23-11-9-16/h8-11,17H,5-7,12-13H2,1-4H3. The average Bonchev–Trinajstić information content (AvgIpc) is 2.88. The van der Waals surface area contributed by atoms with Crippen LogP contribution in [0.2, 0.25) is 0 Å². The molecule has 29 heavy (non-hydrogen) atoms. The van der Waals surface area contributed by atoms with Crippen LogP contribution in [-0.2, 0) is 23.1 Å². The maximum Gasteiger partial charge on any atom is 0.354 e. The van der Waals surface area contributed by atoms with Gasteiger partial charge in [0.25, 0.3) is 0 Å². The van der Waals surface area contributed by atoms with Gasteiger partial charge in [0.2, 0.25) is 5.91 Å². The van der Waals surface area contributed by atoms with Crippen LogP contribution in [0.25, 0.3) is 0 Å². The lowest BCUT2D eigenvalue weighted by Crippen LogP contribution is -2.41. The Morgan fingerprint density at radius 2 is 1.86 bits per heavy atom. The van der Waals surface area contributed by atoms with Gasteiger partial charge in [0.05, 0.1) is 13.7 Å². The van der Waals surface area contributed by atoms with E-state index in [0.717, 1.165) is 24.8 Å². The van der Waals surface area contributed by atoms with Gasteiger partial charge in [-0.15, -0.1) is 0 Å². The fourth-order valence-electron chi connectivity index (χ4n) is 3.86. The van der Waals surface area contributed by atoms with Crippen molar-refractivity contribution in [2.75, 3.05) is 13.7 Å². The summed E-state index contributed by atoms with van der Waals surface area (Å²) in [5.74, 6) is -0.645. The Bertz CT molecular complexity index is 929. The number of aromatic nitrogens is 2. The summed E-state index contributed by atoms with van der Waals surface area (Å²) in [6.07, 6.45) is 6.15. The summed E-state index contributed by atoms with van der Waals surface area (Å²) < 4.78 is 6.53. The van der Waals surface area contributed by atoms with E-state index in [9.17, 15) is 14.4 Å². The number of methoxy groups -OCH3 is 1. The summed E-state index contributed by atoms with van der Waals surface area (Å²) in [6, 6.07) is 3.69. The Balaban J connectivity index is 1.88. The second-order valence-corrected chi connectivity index (χ2v) is 7.59. The molecule has 2 aromatic heterocycles. The quantitative estimate of drug-likeness (QED) is 0.530. The predicted molar refractivity (Wildman–Crippen MR) is 108 cm³/mol. The van der Waals surface area contributed by atoms with Crippen LogP contribution in [0.3, 0.4) is 0 Å². The predicted octanol–water partition coefficient (Wildman–Crippen LogP) is 2.84. The van der Waals surface area contributed by atoms with Crippen LogP contribution in [0.15, 0.2) is 24.5 Å². The van der Waals surface area contributed by atoms with E-state index in [2.05, 4.69) is 4.98 Å². The van der Waals surface area contributed by atoms with Crippen molar-refractivity contribution >= 4 is 17.7 Å². The highest BCUT2D eigenvalue weighted by atomic mass is 16.5. The molecule has 0 spiro atoms. The molecule has 2 heterocycles. The summed E-state index contributed by atoms with van der Waals surface area (Å²) in [5.41, 5.74) is 3.04. The van der Waals surface area contributed by atoms with Crippen molar-refractivity contribution in [3.8, 4) is 0 Å². The van der Waals surface area contributed by atoms with Crippen molar-refractivity contribution in [2.45, 2.75) is 39.7 Å². The summed E-state index contributed by atoms with van der Waals surface area (Å²) >= 11 is 0. The van der Waals surface area contributed by atoms with Crippen molar-refractivity contribution in [1.29, 1.82) is 0 Å². The molecule has 1 aliphatic rings. The molecule has 0 atom stereocenters. The number of ether oxygens (including phenoxy) is 1. The van der Waals surface area contributed by atoms with Crippen molar-refractivity contribution in [1.82, 2.24) is 14.5 Å². The van der Waals surface area contributed by atoms with E-state index in [0.29, 0.717) is 29.1 Å². The molecule has 0 saturated heterocycles. The van der Waals surface area contributed by atoms with E-state index in [-0.39, 0.29) is 24.2 Å². The van der Waals surface area contributed by atoms with Gasteiger partial charge in [-0.2, -0.15) is 0 Å². The van der Waals surface area contributed by atoms with Crippen LogP contribution in [0.4, 0.5) is 0 Å². The second-order valence-electron chi connectivity index (χ2n) is 7.59. The Morgan fingerprint density at radius 3 is 2.41 bits per heavy atom. The summed E-state index contributed by atoms with van der Waals surface area (Å²) in [6.45, 7) is 3.88. The molecule has 3 rings (SSSR count). The number of esters is 1. The molecule has 0 N–H and O–H groups in total. The third kappa shape index (κ3) is 4.09. The smallest absolute Gasteiger partial charge is 0.354 e. The van der Waals surface area contributed by atoms with Crippen molar-refractivity contribution in [3.63, 3.8) is 0 Å².